The minimum atomic E-state index is -0.200. The lowest BCUT2D eigenvalue weighted by Crippen LogP contribution is -2.13. The summed E-state index contributed by atoms with van der Waals surface area (Å²) < 4.78 is 5.38. The highest BCUT2D eigenvalue weighted by Crippen LogP contribution is 2.20. The fourth-order valence-electron chi connectivity index (χ4n) is 1.66. The van der Waals surface area contributed by atoms with Crippen LogP contribution < -0.4 is 15.8 Å². The third-order valence-electron chi connectivity index (χ3n) is 2.75. The average Bonchev–Trinajstić information content (AvgIpc) is 2.97. The Morgan fingerprint density at radius 1 is 1.36 bits per heavy atom. The number of halogens is 1. The van der Waals surface area contributed by atoms with Crippen LogP contribution in [0.5, 0.6) is 5.75 Å². The monoisotopic (exact) mass is 341 g/mol. The lowest BCUT2D eigenvalue weighted by atomic mass is 10.2. The Bertz CT molecular complexity index is 599. The maximum absolute atomic E-state index is 12.1. The summed E-state index contributed by atoms with van der Waals surface area (Å²) in [5, 5.41) is 5.56. The first kappa shape index (κ1) is 18.4. The van der Waals surface area contributed by atoms with E-state index >= 15 is 0 Å². The van der Waals surface area contributed by atoms with E-state index in [0.29, 0.717) is 30.5 Å². The van der Waals surface area contributed by atoms with Gasteiger partial charge in [-0.05, 0) is 24.3 Å². The molecule has 1 amide bonds. The molecule has 0 radical (unpaired) electrons. The molecule has 1 heterocycles. The van der Waals surface area contributed by atoms with Crippen molar-refractivity contribution in [2.75, 3.05) is 18.5 Å². The molecule has 0 saturated carbocycles. The van der Waals surface area contributed by atoms with Gasteiger partial charge >= 0.3 is 0 Å². The zero-order chi connectivity index (χ0) is 15.2. The molecule has 0 aliphatic rings. The SMILES string of the molecule is CC(C)c1nc(C(=O)Nc2ccc(OCCN)cc2)cs1.Cl. The van der Waals surface area contributed by atoms with E-state index in [2.05, 4.69) is 24.1 Å². The van der Waals surface area contributed by atoms with Gasteiger partial charge in [0.1, 0.15) is 18.1 Å². The number of thiazole rings is 1. The Labute approximate surface area is 140 Å². The predicted molar refractivity (Wildman–Crippen MR) is 92.4 cm³/mol. The number of benzene rings is 1. The van der Waals surface area contributed by atoms with E-state index in [4.69, 9.17) is 10.5 Å². The number of rotatable bonds is 6. The van der Waals surface area contributed by atoms with Gasteiger partial charge in [-0.25, -0.2) is 4.98 Å². The van der Waals surface area contributed by atoms with Crippen molar-refractivity contribution < 1.29 is 9.53 Å². The maximum atomic E-state index is 12.1. The van der Waals surface area contributed by atoms with Gasteiger partial charge in [-0.2, -0.15) is 0 Å². The number of carbonyl (C=O) groups excluding carboxylic acids is 1. The van der Waals surface area contributed by atoms with Gasteiger partial charge in [-0.15, -0.1) is 23.7 Å². The Balaban J connectivity index is 0.00000242. The van der Waals surface area contributed by atoms with Crippen LogP contribution in [0.1, 0.15) is 35.3 Å². The number of carbonyl (C=O) groups is 1. The van der Waals surface area contributed by atoms with Crippen molar-refractivity contribution in [1.29, 1.82) is 0 Å². The largest absolute Gasteiger partial charge is 0.492 e. The van der Waals surface area contributed by atoms with Gasteiger partial charge in [-0.1, -0.05) is 13.8 Å². The first-order chi connectivity index (χ1) is 10.1. The lowest BCUT2D eigenvalue weighted by Gasteiger charge is -2.06. The van der Waals surface area contributed by atoms with Gasteiger partial charge in [0.2, 0.25) is 0 Å². The molecule has 2 aromatic rings. The number of hydrogen-bond acceptors (Lipinski definition) is 5. The number of nitrogens with zero attached hydrogens (tertiary/aromatic N) is 1. The van der Waals surface area contributed by atoms with Crippen LogP contribution >= 0.6 is 23.7 Å². The van der Waals surface area contributed by atoms with Gasteiger partial charge in [0.25, 0.3) is 5.91 Å². The van der Waals surface area contributed by atoms with E-state index in [9.17, 15) is 4.79 Å². The van der Waals surface area contributed by atoms with Crippen molar-refractivity contribution >= 4 is 35.3 Å². The van der Waals surface area contributed by atoms with Gasteiger partial charge in [0.05, 0.1) is 5.01 Å². The van der Waals surface area contributed by atoms with Gasteiger partial charge < -0.3 is 15.8 Å². The third kappa shape index (κ3) is 4.98. The summed E-state index contributed by atoms with van der Waals surface area (Å²) in [7, 11) is 0. The van der Waals surface area contributed by atoms with Gasteiger partial charge in [0, 0.05) is 23.5 Å². The van der Waals surface area contributed by atoms with Gasteiger partial charge in [-0.3, -0.25) is 4.79 Å². The Kier molecular flexibility index (Phi) is 7.31. The van der Waals surface area contributed by atoms with E-state index < -0.39 is 0 Å². The van der Waals surface area contributed by atoms with Crippen LogP contribution in [-0.2, 0) is 0 Å². The number of hydrogen-bond donors (Lipinski definition) is 2. The summed E-state index contributed by atoms with van der Waals surface area (Å²) in [4.78, 5) is 16.4. The van der Waals surface area contributed by atoms with E-state index in [1.54, 1.807) is 29.6 Å². The highest BCUT2D eigenvalue weighted by Gasteiger charge is 2.12. The normalized spacial score (nSPS) is 10.2. The fourth-order valence-corrected chi connectivity index (χ4v) is 2.48. The number of amides is 1. The number of nitrogens with one attached hydrogen (secondary N) is 1. The molecule has 7 heteroatoms. The maximum Gasteiger partial charge on any atom is 0.275 e. The van der Waals surface area contributed by atoms with Crippen molar-refractivity contribution in [3.63, 3.8) is 0 Å². The van der Waals surface area contributed by atoms with Crippen molar-refractivity contribution in [2.45, 2.75) is 19.8 Å². The molecule has 1 aromatic carbocycles. The Hall–Kier alpha value is -1.63. The molecule has 120 valence electrons. The first-order valence-electron chi connectivity index (χ1n) is 6.80. The van der Waals surface area contributed by atoms with Crippen molar-refractivity contribution in [3.05, 3.63) is 40.3 Å². The highest BCUT2D eigenvalue weighted by atomic mass is 35.5. The molecule has 0 saturated heterocycles. The molecular formula is C15H20ClN3O2S. The highest BCUT2D eigenvalue weighted by molar-refractivity contribution is 7.09. The molecule has 0 atom stereocenters. The topological polar surface area (TPSA) is 77.2 Å². The van der Waals surface area contributed by atoms with Crippen LogP contribution in [0.4, 0.5) is 5.69 Å². The molecular weight excluding hydrogens is 322 g/mol. The van der Waals surface area contributed by atoms with Crippen molar-refractivity contribution in [2.24, 2.45) is 5.73 Å². The lowest BCUT2D eigenvalue weighted by molar-refractivity contribution is 0.102. The number of nitrogens with two attached hydrogens (primary N) is 1. The van der Waals surface area contributed by atoms with E-state index in [1.165, 1.54) is 11.3 Å². The fraction of sp³-hybridized carbons (Fsp3) is 0.333. The molecule has 22 heavy (non-hydrogen) atoms. The molecule has 0 spiro atoms. The minimum absolute atomic E-state index is 0. The standard InChI is InChI=1S/C15H19N3O2S.ClH/c1-10(2)15-18-13(9-21-15)14(19)17-11-3-5-12(6-4-11)20-8-7-16;/h3-6,9-10H,7-8,16H2,1-2H3,(H,17,19);1H. The predicted octanol–water partition coefficient (Wildman–Crippen LogP) is 3.28. The summed E-state index contributed by atoms with van der Waals surface area (Å²) >= 11 is 1.50. The van der Waals surface area contributed by atoms with Gasteiger partial charge in [0.15, 0.2) is 0 Å². The second-order valence-electron chi connectivity index (χ2n) is 4.84. The third-order valence-corrected chi connectivity index (χ3v) is 3.89. The Morgan fingerprint density at radius 2 is 2.05 bits per heavy atom. The van der Waals surface area contributed by atoms with E-state index in [1.807, 2.05) is 0 Å². The van der Waals surface area contributed by atoms with E-state index in [0.717, 1.165) is 10.8 Å². The van der Waals surface area contributed by atoms with Crippen LogP contribution in [0, 0.1) is 0 Å². The van der Waals surface area contributed by atoms with Crippen LogP contribution in [-0.4, -0.2) is 24.0 Å². The van der Waals surface area contributed by atoms with Crippen LogP contribution in [0.2, 0.25) is 0 Å². The van der Waals surface area contributed by atoms with Crippen LogP contribution in [0.3, 0.4) is 0 Å². The average molecular weight is 342 g/mol. The molecule has 0 bridgehead atoms. The minimum Gasteiger partial charge on any atom is -0.492 e. The summed E-state index contributed by atoms with van der Waals surface area (Å²) in [5.41, 5.74) is 6.53. The quantitative estimate of drug-likeness (QED) is 0.845. The van der Waals surface area contributed by atoms with Crippen molar-refractivity contribution in [1.82, 2.24) is 4.98 Å². The van der Waals surface area contributed by atoms with Crippen LogP contribution in [0.25, 0.3) is 0 Å². The molecule has 0 aliphatic heterocycles. The van der Waals surface area contributed by atoms with Crippen molar-refractivity contribution in [3.8, 4) is 5.75 Å². The summed E-state index contributed by atoms with van der Waals surface area (Å²) in [5.74, 6) is 0.860. The number of ether oxygens (including phenoxy) is 1. The molecule has 1 aromatic heterocycles. The van der Waals surface area contributed by atoms with E-state index in [-0.39, 0.29) is 18.3 Å². The molecule has 3 N–H and O–H groups in total. The smallest absolute Gasteiger partial charge is 0.275 e. The summed E-state index contributed by atoms with van der Waals surface area (Å²) in [6.45, 7) is 5.06. The molecule has 0 unspecified atom stereocenters. The molecule has 0 fully saturated rings. The number of anilines is 1. The van der Waals surface area contributed by atoms with Crippen LogP contribution in [0.15, 0.2) is 29.6 Å². The molecule has 5 nitrogen and oxygen atoms in total. The second-order valence-corrected chi connectivity index (χ2v) is 5.73. The molecule has 2 rings (SSSR count). The Morgan fingerprint density at radius 3 is 2.59 bits per heavy atom. The summed E-state index contributed by atoms with van der Waals surface area (Å²) in [6.07, 6.45) is 0. The first-order valence-corrected chi connectivity index (χ1v) is 7.68. The second kappa shape index (κ2) is 8.73. The number of aromatic nitrogens is 1. The zero-order valence-electron chi connectivity index (χ0n) is 12.5. The summed E-state index contributed by atoms with van der Waals surface area (Å²) in [6, 6.07) is 7.18. The zero-order valence-corrected chi connectivity index (χ0v) is 14.2. The molecule has 0 aliphatic carbocycles.